The summed E-state index contributed by atoms with van der Waals surface area (Å²) in [4.78, 5) is 23.4. The maximum absolute atomic E-state index is 12.1. The van der Waals surface area contributed by atoms with Gasteiger partial charge in [0, 0.05) is 6.42 Å². The van der Waals surface area contributed by atoms with Crippen molar-refractivity contribution in [3.63, 3.8) is 0 Å². The van der Waals surface area contributed by atoms with Crippen LogP contribution in [-0.4, -0.2) is 42.9 Å². The third kappa shape index (κ3) is 2.22. The summed E-state index contributed by atoms with van der Waals surface area (Å²) in [5.41, 5.74) is -1.44. The van der Waals surface area contributed by atoms with Crippen molar-refractivity contribution < 1.29 is 19.2 Å². The van der Waals surface area contributed by atoms with Gasteiger partial charge in [-0.25, -0.2) is 0 Å². The summed E-state index contributed by atoms with van der Waals surface area (Å²) in [5.74, 6) is -1.91. The predicted molar refractivity (Wildman–Crippen MR) is 60.4 cm³/mol. The number of aliphatic carboxylic acids is 1. The molecule has 0 radical (unpaired) electrons. The first-order valence-corrected chi connectivity index (χ1v) is 4.95. The van der Waals surface area contributed by atoms with E-state index in [0.717, 1.165) is 0 Å². The number of carboxylic acid groups (broad SMARTS) is 1. The van der Waals surface area contributed by atoms with Gasteiger partial charge in [0.1, 0.15) is 5.97 Å². The number of carbonyl (C=O) groups excluding carboxylic acids is 2. The zero-order chi connectivity index (χ0) is 13.1. The molecule has 0 bridgehead atoms. The Morgan fingerprint density at radius 3 is 2.00 bits per heavy atom. The van der Waals surface area contributed by atoms with Crippen molar-refractivity contribution >= 4 is 11.8 Å². The fraction of sp³-hybridized carbons (Fsp3) is 0.500. The third-order valence-electron chi connectivity index (χ3n) is 2.69. The lowest BCUT2D eigenvalue weighted by atomic mass is 9.83. The lowest BCUT2D eigenvalue weighted by molar-refractivity contribution is -0.905. The number of hydrogen-bond donors (Lipinski definition) is 0. The van der Waals surface area contributed by atoms with Crippen LogP contribution in [0.4, 0.5) is 0 Å². The molecule has 0 aromatic carbocycles. The Hall–Kier alpha value is -1.42. The number of nitrogens with zero attached hydrogens (tertiary/aromatic N) is 1. The maximum atomic E-state index is 12.1. The van der Waals surface area contributed by atoms with E-state index >= 15 is 0 Å². The molecule has 0 aromatic heterocycles. The number of hydrogen-bond acceptors (Lipinski definition) is 3. The summed E-state index contributed by atoms with van der Waals surface area (Å²) < 4.78 is -0.0625. The van der Waals surface area contributed by atoms with E-state index in [2.05, 4.69) is 13.2 Å². The molecule has 4 nitrogen and oxygen atoms in total. The van der Waals surface area contributed by atoms with E-state index in [4.69, 9.17) is 0 Å². The van der Waals surface area contributed by atoms with Gasteiger partial charge in [0.25, 0.3) is 0 Å². The Balaban J connectivity index is 5.82. The Morgan fingerprint density at radius 2 is 1.81 bits per heavy atom. The van der Waals surface area contributed by atoms with Crippen LogP contribution in [0.5, 0.6) is 0 Å². The van der Waals surface area contributed by atoms with Gasteiger partial charge >= 0.3 is 0 Å². The molecule has 0 aliphatic rings. The lowest BCUT2D eigenvalue weighted by Crippen LogP contribution is -2.70. The van der Waals surface area contributed by atoms with Crippen LogP contribution >= 0.6 is 0 Å². The molecule has 0 spiro atoms. The predicted octanol–water partition coefficient (Wildman–Crippen LogP) is -0.0974. The van der Waals surface area contributed by atoms with Crippen LogP contribution in [0.25, 0.3) is 0 Å². The Kier molecular flexibility index (Phi) is 4.21. The number of ketones is 1. The fourth-order valence-corrected chi connectivity index (χ4v) is 1.68. The van der Waals surface area contributed by atoms with Crippen molar-refractivity contribution in [1.82, 2.24) is 0 Å². The van der Waals surface area contributed by atoms with Crippen LogP contribution in [0.15, 0.2) is 24.8 Å². The summed E-state index contributed by atoms with van der Waals surface area (Å²) in [6.45, 7) is 8.51. The van der Waals surface area contributed by atoms with Gasteiger partial charge in [-0.05, 0) is 12.5 Å². The molecule has 0 amide bonds. The number of carbonyl (C=O) groups is 2. The molecule has 0 aromatic rings. The lowest BCUT2D eigenvalue weighted by Gasteiger charge is -2.45. The van der Waals surface area contributed by atoms with Crippen LogP contribution in [0.1, 0.15) is 13.3 Å². The molecule has 0 N–H and O–H groups in total. The molecule has 0 saturated heterocycles. The van der Waals surface area contributed by atoms with E-state index in [-0.39, 0.29) is 16.5 Å². The molecule has 0 heterocycles. The van der Waals surface area contributed by atoms with Crippen molar-refractivity contribution in [2.75, 3.05) is 21.1 Å². The molecule has 0 rings (SSSR count). The molecule has 0 saturated carbocycles. The minimum atomic E-state index is -1.65. The average Bonchev–Trinajstić information content (AvgIpc) is 2.10. The third-order valence-corrected chi connectivity index (χ3v) is 2.69. The van der Waals surface area contributed by atoms with E-state index in [0.29, 0.717) is 0 Å². The molecular formula is C12H19NO3. The highest BCUT2D eigenvalue weighted by atomic mass is 16.4. The quantitative estimate of drug-likeness (QED) is 0.274. The fourth-order valence-electron chi connectivity index (χ4n) is 1.68. The van der Waals surface area contributed by atoms with Crippen LogP contribution in [0, 0.1) is 0 Å². The van der Waals surface area contributed by atoms with Crippen molar-refractivity contribution in [2.24, 2.45) is 0 Å². The zero-order valence-corrected chi connectivity index (χ0v) is 10.4. The van der Waals surface area contributed by atoms with Crippen LogP contribution in [0.2, 0.25) is 0 Å². The minimum Gasteiger partial charge on any atom is -0.543 e. The molecule has 16 heavy (non-hydrogen) atoms. The largest absolute Gasteiger partial charge is 0.543 e. The van der Waals surface area contributed by atoms with Gasteiger partial charge in [0.2, 0.25) is 11.3 Å². The smallest absolute Gasteiger partial charge is 0.224 e. The minimum absolute atomic E-state index is 0.0184. The molecular weight excluding hydrogens is 206 g/mol. The summed E-state index contributed by atoms with van der Waals surface area (Å²) in [5, 5.41) is 11.4. The van der Waals surface area contributed by atoms with Gasteiger partial charge in [-0.1, -0.05) is 12.7 Å². The monoisotopic (exact) mass is 225 g/mol. The summed E-state index contributed by atoms with van der Waals surface area (Å²) in [7, 11) is 4.92. The number of quaternary nitrogens is 1. The SMILES string of the molecule is C=CCC(C(=O)[O-])(C(=O)C(=C)C)[N+](C)(C)C. The van der Waals surface area contributed by atoms with E-state index in [1.165, 1.54) is 13.0 Å². The van der Waals surface area contributed by atoms with E-state index in [1.54, 1.807) is 21.1 Å². The van der Waals surface area contributed by atoms with Crippen LogP contribution < -0.4 is 5.11 Å². The Morgan fingerprint density at radius 1 is 1.38 bits per heavy atom. The van der Waals surface area contributed by atoms with Crippen molar-refractivity contribution in [1.29, 1.82) is 0 Å². The van der Waals surface area contributed by atoms with Gasteiger partial charge in [0.05, 0.1) is 21.1 Å². The number of Topliss-reactive ketones (excluding diaryl/α,β-unsaturated/α-hetero) is 1. The first kappa shape index (κ1) is 14.6. The molecule has 4 heteroatoms. The number of rotatable bonds is 6. The van der Waals surface area contributed by atoms with Crippen LogP contribution in [-0.2, 0) is 9.59 Å². The second-order valence-electron chi connectivity index (χ2n) is 4.76. The van der Waals surface area contributed by atoms with Crippen molar-refractivity contribution in [2.45, 2.75) is 18.9 Å². The number of carboxylic acids is 1. The summed E-state index contributed by atoms with van der Waals surface area (Å²) in [6, 6.07) is 0. The molecule has 1 unspecified atom stereocenters. The molecule has 0 aliphatic heterocycles. The summed E-state index contributed by atoms with van der Waals surface area (Å²) >= 11 is 0. The Labute approximate surface area is 96.5 Å². The van der Waals surface area contributed by atoms with Gasteiger partial charge in [-0.3, -0.25) is 4.79 Å². The highest BCUT2D eigenvalue weighted by Gasteiger charge is 2.50. The molecule has 90 valence electrons. The number of likely N-dealkylation sites (N-methyl/N-ethyl adjacent to an activating group) is 1. The molecule has 1 atom stereocenters. The van der Waals surface area contributed by atoms with Gasteiger partial charge < -0.3 is 14.4 Å². The Bertz CT molecular complexity index is 339. The van der Waals surface area contributed by atoms with Crippen LogP contribution in [0.3, 0.4) is 0 Å². The van der Waals surface area contributed by atoms with Crippen molar-refractivity contribution in [3.05, 3.63) is 24.8 Å². The molecule has 0 aliphatic carbocycles. The van der Waals surface area contributed by atoms with E-state index in [1.807, 2.05) is 0 Å². The normalized spacial score (nSPS) is 15.0. The van der Waals surface area contributed by atoms with Gasteiger partial charge in [-0.15, -0.1) is 6.58 Å². The second kappa shape index (κ2) is 4.61. The van der Waals surface area contributed by atoms with E-state index < -0.39 is 17.3 Å². The highest BCUT2D eigenvalue weighted by molar-refractivity contribution is 6.13. The van der Waals surface area contributed by atoms with Crippen molar-refractivity contribution in [3.8, 4) is 0 Å². The topological polar surface area (TPSA) is 57.2 Å². The second-order valence-corrected chi connectivity index (χ2v) is 4.76. The maximum Gasteiger partial charge on any atom is 0.224 e. The first-order chi connectivity index (χ1) is 7.11. The van der Waals surface area contributed by atoms with Gasteiger partial charge in [0.15, 0.2) is 0 Å². The van der Waals surface area contributed by atoms with Gasteiger partial charge in [-0.2, -0.15) is 0 Å². The summed E-state index contributed by atoms with van der Waals surface area (Å²) in [6.07, 6.45) is 1.44. The zero-order valence-electron chi connectivity index (χ0n) is 10.4. The first-order valence-electron chi connectivity index (χ1n) is 4.95. The average molecular weight is 225 g/mol. The standard InChI is InChI=1S/C12H19NO3/c1-7-8-12(11(15)16,13(4,5)6)10(14)9(2)3/h7H,1-2,8H2,3-6H3. The van der Waals surface area contributed by atoms with E-state index in [9.17, 15) is 14.7 Å². The highest BCUT2D eigenvalue weighted by Crippen LogP contribution is 2.27. The molecule has 0 fully saturated rings.